The quantitative estimate of drug-likeness (QED) is 0.680. The Hall–Kier alpha value is -1.52. The maximum atomic E-state index is 12.2. The van der Waals surface area contributed by atoms with Crippen LogP contribution in [-0.2, 0) is 11.2 Å². The Balaban J connectivity index is 2.26. The van der Waals surface area contributed by atoms with E-state index in [0.29, 0.717) is 11.4 Å². The van der Waals surface area contributed by atoms with E-state index >= 15 is 0 Å². The summed E-state index contributed by atoms with van der Waals surface area (Å²) in [4.78, 5) is 12.2. The fraction of sp³-hybridized carbons (Fsp3) is 0.316. The van der Waals surface area contributed by atoms with Crippen LogP contribution >= 0.6 is 27.5 Å². The molecule has 2 aromatic rings. The smallest absolute Gasteiger partial charge is 0.408 e. The molecule has 0 heterocycles. The minimum Gasteiger partial charge on any atom is -0.444 e. The summed E-state index contributed by atoms with van der Waals surface area (Å²) >= 11 is 9.86. The van der Waals surface area contributed by atoms with Gasteiger partial charge in [0.2, 0.25) is 0 Å². The average molecular weight is 411 g/mol. The zero-order valence-electron chi connectivity index (χ0n) is 14.0. The van der Waals surface area contributed by atoms with Gasteiger partial charge in [-0.2, -0.15) is 0 Å². The van der Waals surface area contributed by atoms with Crippen molar-refractivity contribution in [3.05, 3.63) is 69.2 Å². The number of amides is 1. The number of hydrogen-bond acceptors (Lipinski definition) is 2. The number of ether oxygens (including phenoxy) is 1. The third-order valence-corrected chi connectivity index (χ3v) is 4.46. The lowest BCUT2D eigenvalue weighted by molar-refractivity contribution is 0.0503. The first-order valence-electron chi connectivity index (χ1n) is 7.73. The van der Waals surface area contributed by atoms with Gasteiger partial charge in [-0.05, 0) is 50.5 Å². The molecule has 5 heteroatoms. The second kappa shape index (κ2) is 8.04. The Kier molecular flexibility index (Phi) is 6.30. The predicted molar refractivity (Wildman–Crippen MR) is 101 cm³/mol. The summed E-state index contributed by atoms with van der Waals surface area (Å²) in [5.41, 5.74) is 1.40. The van der Waals surface area contributed by atoms with Crippen LogP contribution in [0.25, 0.3) is 0 Å². The van der Waals surface area contributed by atoms with E-state index in [0.717, 1.165) is 15.6 Å². The zero-order valence-corrected chi connectivity index (χ0v) is 16.3. The van der Waals surface area contributed by atoms with E-state index in [4.69, 9.17) is 16.3 Å². The van der Waals surface area contributed by atoms with E-state index in [1.54, 1.807) is 0 Å². The highest BCUT2D eigenvalue weighted by Crippen LogP contribution is 2.30. The van der Waals surface area contributed by atoms with Crippen molar-refractivity contribution in [2.75, 3.05) is 0 Å². The van der Waals surface area contributed by atoms with Gasteiger partial charge >= 0.3 is 6.09 Å². The van der Waals surface area contributed by atoms with E-state index in [2.05, 4.69) is 21.2 Å². The van der Waals surface area contributed by atoms with Crippen LogP contribution in [0.3, 0.4) is 0 Å². The Morgan fingerprint density at radius 1 is 1.17 bits per heavy atom. The highest BCUT2D eigenvalue weighted by atomic mass is 79.9. The third kappa shape index (κ3) is 5.53. The molecular formula is C19H21BrClNO2. The van der Waals surface area contributed by atoms with Gasteiger partial charge < -0.3 is 10.1 Å². The maximum Gasteiger partial charge on any atom is 0.408 e. The van der Waals surface area contributed by atoms with E-state index in [9.17, 15) is 4.79 Å². The maximum absolute atomic E-state index is 12.2. The number of alkyl carbamates (subject to hydrolysis) is 1. The summed E-state index contributed by atoms with van der Waals surface area (Å²) in [5, 5.41) is 3.62. The summed E-state index contributed by atoms with van der Waals surface area (Å²) < 4.78 is 6.31. The predicted octanol–water partition coefficient (Wildman–Crippen LogP) is 5.91. The van der Waals surface area contributed by atoms with Crippen LogP contribution in [0.15, 0.2) is 53.0 Å². The molecule has 3 nitrogen and oxygen atoms in total. The van der Waals surface area contributed by atoms with Crippen molar-refractivity contribution in [3.8, 4) is 0 Å². The molecule has 0 aliphatic carbocycles. The molecule has 0 aliphatic rings. The Morgan fingerprint density at radius 3 is 2.42 bits per heavy atom. The number of nitrogens with one attached hydrogen (secondary N) is 1. The van der Waals surface area contributed by atoms with Crippen LogP contribution < -0.4 is 5.32 Å². The topological polar surface area (TPSA) is 38.3 Å². The Morgan fingerprint density at radius 2 is 1.83 bits per heavy atom. The summed E-state index contributed by atoms with van der Waals surface area (Å²) in [7, 11) is 0. The van der Waals surface area contributed by atoms with Crippen LogP contribution in [0.2, 0.25) is 5.02 Å². The standard InChI is InChI=1S/C19H21BrClNO2/c1-19(2,3)24-18(23)22-17(13-8-5-4-6-9-13)12-14-15(20)10-7-11-16(14)21/h4-11,17H,12H2,1-3H3,(H,22,23)/t17-/m1/s1. The van der Waals surface area contributed by atoms with Crippen molar-refractivity contribution >= 4 is 33.6 Å². The van der Waals surface area contributed by atoms with Crippen molar-refractivity contribution in [2.45, 2.75) is 38.8 Å². The molecule has 0 aromatic heterocycles. The average Bonchev–Trinajstić information content (AvgIpc) is 2.49. The SMILES string of the molecule is CC(C)(C)OC(=O)N[C@H](Cc1c(Cl)cccc1Br)c1ccccc1. The number of rotatable bonds is 4. The van der Waals surface area contributed by atoms with E-state index in [-0.39, 0.29) is 6.04 Å². The molecule has 2 aromatic carbocycles. The van der Waals surface area contributed by atoms with Crippen LogP contribution in [0.4, 0.5) is 4.79 Å². The zero-order chi connectivity index (χ0) is 17.7. The van der Waals surface area contributed by atoms with Crippen molar-refractivity contribution in [1.29, 1.82) is 0 Å². The first kappa shape index (κ1) is 18.8. The monoisotopic (exact) mass is 409 g/mol. The number of hydrogen-bond donors (Lipinski definition) is 1. The summed E-state index contributed by atoms with van der Waals surface area (Å²) in [6, 6.07) is 15.2. The van der Waals surface area contributed by atoms with Crippen LogP contribution in [0.5, 0.6) is 0 Å². The number of carbonyl (C=O) groups excluding carboxylic acids is 1. The molecule has 0 aliphatic heterocycles. The molecule has 1 amide bonds. The summed E-state index contributed by atoms with van der Waals surface area (Å²) in [6.07, 6.45) is 0.114. The molecule has 0 spiro atoms. The molecule has 0 saturated heterocycles. The molecule has 24 heavy (non-hydrogen) atoms. The van der Waals surface area contributed by atoms with Gasteiger partial charge in [-0.1, -0.05) is 63.9 Å². The highest BCUT2D eigenvalue weighted by molar-refractivity contribution is 9.10. The van der Waals surface area contributed by atoms with E-state index in [1.165, 1.54) is 0 Å². The number of halogens is 2. The lowest BCUT2D eigenvalue weighted by Gasteiger charge is -2.24. The molecule has 0 saturated carbocycles. The first-order valence-corrected chi connectivity index (χ1v) is 8.91. The minimum atomic E-state index is -0.545. The molecule has 1 atom stereocenters. The lowest BCUT2D eigenvalue weighted by atomic mass is 9.99. The fourth-order valence-electron chi connectivity index (χ4n) is 2.32. The molecule has 0 fully saturated rings. The molecular weight excluding hydrogens is 390 g/mol. The second-order valence-corrected chi connectivity index (χ2v) is 7.78. The third-order valence-electron chi connectivity index (χ3n) is 3.36. The van der Waals surface area contributed by atoms with Crippen LogP contribution in [0, 0.1) is 0 Å². The summed E-state index contributed by atoms with van der Waals surface area (Å²) in [6.45, 7) is 5.53. The molecule has 128 valence electrons. The molecule has 0 radical (unpaired) electrons. The van der Waals surface area contributed by atoms with Gasteiger partial charge in [0.15, 0.2) is 0 Å². The Bertz CT molecular complexity index is 678. The minimum absolute atomic E-state index is 0.239. The van der Waals surface area contributed by atoms with E-state index < -0.39 is 11.7 Å². The fourth-order valence-corrected chi connectivity index (χ4v) is 3.21. The highest BCUT2D eigenvalue weighted by Gasteiger charge is 2.22. The van der Waals surface area contributed by atoms with Crippen molar-refractivity contribution in [1.82, 2.24) is 5.32 Å². The summed E-state index contributed by atoms with van der Waals surface area (Å²) in [5.74, 6) is 0. The van der Waals surface area contributed by atoms with Crippen LogP contribution in [-0.4, -0.2) is 11.7 Å². The lowest BCUT2D eigenvalue weighted by Crippen LogP contribution is -2.35. The van der Waals surface area contributed by atoms with Gasteiger partial charge in [-0.15, -0.1) is 0 Å². The van der Waals surface area contributed by atoms with Gasteiger partial charge in [-0.3, -0.25) is 0 Å². The van der Waals surface area contributed by atoms with Gasteiger partial charge in [0.25, 0.3) is 0 Å². The first-order chi connectivity index (χ1) is 11.3. The van der Waals surface area contributed by atoms with Crippen molar-refractivity contribution in [2.24, 2.45) is 0 Å². The van der Waals surface area contributed by atoms with Gasteiger partial charge in [0.05, 0.1) is 6.04 Å². The number of benzene rings is 2. The van der Waals surface area contributed by atoms with E-state index in [1.807, 2.05) is 69.3 Å². The molecule has 0 unspecified atom stereocenters. The molecule has 2 rings (SSSR count). The largest absolute Gasteiger partial charge is 0.444 e. The Labute approximate surface area is 156 Å². The van der Waals surface area contributed by atoms with Gasteiger partial charge in [0.1, 0.15) is 5.60 Å². The van der Waals surface area contributed by atoms with Crippen molar-refractivity contribution in [3.63, 3.8) is 0 Å². The normalized spacial score (nSPS) is 12.5. The second-order valence-electron chi connectivity index (χ2n) is 6.51. The molecule has 0 bridgehead atoms. The van der Waals surface area contributed by atoms with Crippen molar-refractivity contribution < 1.29 is 9.53 Å². The number of carbonyl (C=O) groups is 1. The van der Waals surface area contributed by atoms with Gasteiger partial charge in [0, 0.05) is 9.50 Å². The molecule has 1 N–H and O–H groups in total. The van der Waals surface area contributed by atoms with Crippen LogP contribution in [0.1, 0.15) is 37.9 Å². The van der Waals surface area contributed by atoms with Gasteiger partial charge in [-0.25, -0.2) is 4.79 Å².